The van der Waals surface area contributed by atoms with Gasteiger partial charge in [-0.25, -0.2) is 5.43 Å². The standard InChI is InChI=1S/C25H23N5OS/c1-18-13-15-21(16-14-18)24-28-29-25(30(24)22-11-7-4-8-12-22)32-17-23(31)27-26-19(2)20-9-5-3-6-10-20/h3-16H,17H2,1-2H3,(H,27,31)/b26-19+. The maximum absolute atomic E-state index is 12.4. The van der Waals surface area contributed by atoms with Crippen LogP contribution in [0.3, 0.4) is 0 Å². The summed E-state index contributed by atoms with van der Waals surface area (Å²) < 4.78 is 1.97. The van der Waals surface area contributed by atoms with Crippen molar-refractivity contribution >= 4 is 23.4 Å². The summed E-state index contributed by atoms with van der Waals surface area (Å²) in [5.74, 6) is 0.701. The van der Waals surface area contributed by atoms with Crippen LogP contribution >= 0.6 is 11.8 Å². The first-order chi connectivity index (χ1) is 15.6. The Morgan fingerprint density at radius 2 is 1.59 bits per heavy atom. The predicted molar refractivity (Wildman–Crippen MR) is 129 cm³/mol. The van der Waals surface area contributed by atoms with Crippen LogP contribution in [0.25, 0.3) is 17.1 Å². The molecule has 7 heteroatoms. The van der Waals surface area contributed by atoms with E-state index in [2.05, 4.69) is 20.7 Å². The molecule has 0 radical (unpaired) electrons. The van der Waals surface area contributed by atoms with Gasteiger partial charge in [-0.05, 0) is 31.5 Å². The first kappa shape index (κ1) is 21.5. The fraction of sp³-hybridized carbons (Fsp3) is 0.120. The molecule has 0 aliphatic rings. The lowest BCUT2D eigenvalue weighted by Gasteiger charge is -2.10. The molecule has 1 aromatic heterocycles. The lowest BCUT2D eigenvalue weighted by atomic mass is 10.1. The van der Waals surface area contributed by atoms with Crippen molar-refractivity contribution in [2.75, 3.05) is 5.75 Å². The van der Waals surface area contributed by atoms with Gasteiger partial charge in [0.2, 0.25) is 0 Å². The number of nitrogens with zero attached hydrogens (tertiary/aromatic N) is 4. The van der Waals surface area contributed by atoms with E-state index in [0.717, 1.165) is 28.4 Å². The van der Waals surface area contributed by atoms with E-state index in [0.29, 0.717) is 5.16 Å². The second kappa shape index (κ2) is 10.1. The van der Waals surface area contributed by atoms with Gasteiger partial charge in [0.05, 0.1) is 11.5 Å². The number of aryl methyl sites for hydroxylation is 1. The van der Waals surface area contributed by atoms with E-state index in [4.69, 9.17) is 0 Å². The molecule has 0 spiro atoms. The average molecular weight is 442 g/mol. The summed E-state index contributed by atoms with van der Waals surface area (Å²) in [5.41, 5.74) is 7.42. The highest BCUT2D eigenvalue weighted by Crippen LogP contribution is 2.28. The van der Waals surface area contributed by atoms with Gasteiger partial charge in [0.25, 0.3) is 5.91 Å². The maximum Gasteiger partial charge on any atom is 0.250 e. The first-order valence-electron chi connectivity index (χ1n) is 10.2. The van der Waals surface area contributed by atoms with Gasteiger partial charge in [0.1, 0.15) is 0 Å². The van der Waals surface area contributed by atoms with Gasteiger partial charge in [0.15, 0.2) is 11.0 Å². The van der Waals surface area contributed by atoms with Crippen LogP contribution in [-0.2, 0) is 4.79 Å². The normalized spacial score (nSPS) is 11.4. The van der Waals surface area contributed by atoms with Gasteiger partial charge < -0.3 is 0 Å². The fourth-order valence-corrected chi connectivity index (χ4v) is 3.86. The molecule has 4 aromatic rings. The Labute approximate surface area is 191 Å². The van der Waals surface area contributed by atoms with E-state index >= 15 is 0 Å². The summed E-state index contributed by atoms with van der Waals surface area (Å²) >= 11 is 1.32. The third-order valence-electron chi connectivity index (χ3n) is 4.83. The number of benzene rings is 3. The summed E-state index contributed by atoms with van der Waals surface area (Å²) in [6, 6.07) is 27.8. The predicted octanol–water partition coefficient (Wildman–Crippen LogP) is 4.88. The number of hydrogen-bond donors (Lipinski definition) is 1. The molecule has 6 nitrogen and oxygen atoms in total. The van der Waals surface area contributed by atoms with E-state index < -0.39 is 0 Å². The number of rotatable bonds is 7. The zero-order chi connectivity index (χ0) is 22.3. The summed E-state index contributed by atoms with van der Waals surface area (Å²) in [6.07, 6.45) is 0. The largest absolute Gasteiger partial charge is 0.272 e. The van der Waals surface area contributed by atoms with Crippen molar-refractivity contribution < 1.29 is 4.79 Å². The number of aromatic nitrogens is 3. The number of carbonyl (C=O) groups excluding carboxylic acids is 1. The molecule has 0 atom stereocenters. The second-order valence-corrected chi connectivity index (χ2v) is 8.17. The topological polar surface area (TPSA) is 72.2 Å². The quantitative estimate of drug-likeness (QED) is 0.252. The fourth-order valence-electron chi connectivity index (χ4n) is 3.12. The van der Waals surface area contributed by atoms with Crippen LogP contribution in [0.1, 0.15) is 18.1 Å². The SMILES string of the molecule is C/C(=N\NC(=O)CSc1nnc(-c2ccc(C)cc2)n1-c1ccccc1)c1ccccc1. The van der Waals surface area contributed by atoms with Crippen LogP contribution in [0.4, 0.5) is 0 Å². The third-order valence-corrected chi connectivity index (χ3v) is 5.76. The molecule has 4 rings (SSSR count). The first-order valence-corrected chi connectivity index (χ1v) is 11.2. The minimum Gasteiger partial charge on any atom is -0.272 e. The molecule has 0 aliphatic carbocycles. The smallest absolute Gasteiger partial charge is 0.250 e. The lowest BCUT2D eigenvalue weighted by molar-refractivity contribution is -0.118. The molecular formula is C25H23N5OS. The molecule has 0 saturated heterocycles. The molecule has 1 N–H and O–H groups in total. The highest BCUT2D eigenvalue weighted by Gasteiger charge is 2.17. The average Bonchev–Trinajstić information content (AvgIpc) is 3.26. The zero-order valence-electron chi connectivity index (χ0n) is 17.9. The van der Waals surface area contributed by atoms with E-state index in [-0.39, 0.29) is 11.7 Å². The number of hydrazone groups is 1. The van der Waals surface area contributed by atoms with Crippen molar-refractivity contribution in [1.82, 2.24) is 20.2 Å². The van der Waals surface area contributed by atoms with Crippen molar-refractivity contribution in [3.8, 4) is 17.1 Å². The molecule has 160 valence electrons. The Bertz CT molecular complexity index is 1220. The van der Waals surface area contributed by atoms with Crippen LogP contribution in [-0.4, -0.2) is 32.1 Å². The van der Waals surface area contributed by atoms with Gasteiger partial charge in [0, 0.05) is 11.3 Å². The van der Waals surface area contributed by atoms with E-state index in [1.54, 1.807) is 0 Å². The third kappa shape index (κ3) is 5.12. The van der Waals surface area contributed by atoms with Crippen LogP contribution in [0.2, 0.25) is 0 Å². The molecule has 1 amide bonds. The number of amides is 1. The molecular weight excluding hydrogens is 418 g/mol. The van der Waals surface area contributed by atoms with Crippen LogP contribution in [0.15, 0.2) is 95.2 Å². The molecule has 1 heterocycles. The Hall–Kier alpha value is -3.71. The van der Waals surface area contributed by atoms with E-state index in [1.807, 2.05) is 103 Å². The van der Waals surface area contributed by atoms with Crippen molar-refractivity contribution in [1.29, 1.82) is 0 Å². The number of hydrogen-bond acceptors (Lipinski definition) is 5. The van der Waals surface area contributed by atoms with Crippen LogP contribution < -0.4 is 5.43 Å². The molecule has 3 aromatic carbocycles. The van der Waals surface area contributed by atoms with Gasteiger partial charge in [-0.2, -0.15) is 5.10 Å². The lowest BCUT2D eigenvalue weighted by Crippen LogP contribution is -2.21. The Balaban J connectivity index is 1.52. The number of nitrogens with one attached hydrogen (secondary N) is 1. The molecule has 0 saturated carbocycles. The monoisotopic (exact) mass is 441 g/mol. The van der Waals surface area contributed by atoms with E-state index in [1.165, 1.54) is 17.3 Å². The zero-order valence-corrected chi connectivity index (χ0v) is 18.7. The van der Waals surface area contributed by atoms with E-state index in [9.17, 15) is 4.79 Å². The van der Waals surface area contributed by atoms with Gasteiger partial charge in [-0.15, -0.1) is 10.2 Å². The van der Waals surface area contributed by atoms with Gasteiger partial charge >= 0.3 is 0 Å². The molecule has 0 unspecified atom stereocenters. The van der Waals surface area contributed by atoms with Crippen LogP contribution in [0.5, 0.6) is 0 Å². The minimum atomic E-state index is -0.204. The summed E-state index contributed by atoms with van der Waals surface area (Å²) in [7, 11) is 0. The Kier molecular flexibility index (Phi) is 6.77. The van der Waals surface area contributed by atoms with Crippen molar-refractivity contribution in [2.24, 2.45) is 5.10 Å². The van der Waals surface area contributed by atoms with Crippen molar-refractivity contribution in [3.05, 3.63) is 96.1 Å². The highest BCUT2D eigenvalue weighted by molar-refractivity contribution is 7.99. The highest BCUT2D eigenvalue weighted by atomic mass is 32.2. The molecule has 32 heavy (non-hydrogen) atoms. The van der Waals surface area contributed by atoms with Crippen molar-refractivity contribution in [3.63, 3.8) is 0 Å². The van der Waals surface area contributed by atoms with Gasteiger partial charge in [-0.1, -0.05) is 90.1 Å². The van der Waals surface area contributed by atoms with Crippen molar-refractivity contribution in [2.45, 2.75) is 19.0 Å². The Morgan fingerprint density at radius 1 is 0.938 bits per heavy atom. The molecule has 0 aliphatic heterocycles. The number of thioether (sulfide) groups is 1. The number of para-hydroxylation sites is 1. The summed E-state index contributed by atoms with van der Waals surface area (Å²) in [5, 5.41) is 13.6. The summed E-state index contributed by atoms with van der Waals surface area (Å²) in [6.45, 7) is 3.91. The minimum absolute atomic E-state index is 0.171. The number of carbonyl (C=O) groups is 1. The maximum atomic E-state index is 12.4. The Morgan fingerprint density at radius 3 is 2.28 bits per heavy atom. The van der Waals surface area contributed by atoms with Crippen LogP contribution in [0, 0.1) is 6.92 Å². The summed E-state index contributed by atoms with van der Waals surface area (Å²) in [4.78, 5) is 12.4. The molecule has 0 fully saturated rings. The molecule has 0 bridgehead atoms. The van der Waals surface area contributed by atoms with Gasteiger partial charge in [-0.3, -0.25) is 9.36 Å². The second-order valence-electron chi connectivity index (χ2n) is 7.23.